The number of thiazole rings is 1. The Morgan fingerprint density at radius 2 is 2.00 bits per heavy atom. The summed E-state index contributed by atoms with van der Waals surface area (Å²) in [5, 5.41) is 15.4. The fraction of sp³-hybridized carbons (Fsp3) is 0.353. The zero-order chi connectivity index (χ0) is 19.0. The summed E-state index contributed by atoms with van der Waals surface area (Å²) in [6.07, 6.45) is 1.36. The first-order valence-electron chi connectivity index (χ1n) is 8.58. The standard InChI is InChI=1S/C17H19N7O2S/c1-11-3-4-12-13(9-11)27-17(20-12)21-15-14(24(25)26)16(19-10-18-15)23-7-5-22(2)6-8-23/h3-4,9-10H,5-8H2,1-2H3,(H,18,19,20,21). The van der Waals surface area contributed by atoms with Gasteiger partial charge in [-0.2, -0.15) is 0 Å². The van der Waals surface area contributed by atoms with Gasteiger partial charge in [0.25, 0.3) is 0 Å². The summed E-state index contributed by atoms with van der Waals surface area (Å²) in [4.78, 5) is 28.3. The predicted octanol–water partition coefficient (Wildman–Crippen LogP) is 2.80. The molecule has 3 aromatic rings. The average molecular weight is 385 g/mol. The summed E-state index contributed by atoms with van der Waals surface area (Å²) in [6, 6.07) is 5.98. The van der Waals surface area contributed by atoms with E-state index in [2.05, 4.69) is 25.2 Å². The Labute approximate surface area is 159 Å². The number of benzene rings is 1. The van der Waals surface area contributed by atoms with Crippen LogP contribution >= 0.6 is 11.3 Å². The van der Waals surface area contributed by atoms with Crippen molar-refractivity contribution in [1.29, 1.82) is 0 Å². The van der Waals surface area contributed by atoms with Crippen molar-refractivity contribution >= 4 is 44.0 Å². The number of aryl methyl sites for hydroxylation is 1. The normalized spacial score (nSPS) is 15.3. The monoisotopic (exact) mass is 385 g/mol. The summed E-state index contributed by atoms with van der Waals surface area (Å²) < 4.78 is 1.02. The maximum absolute atomic E-state index is 11.8. The number of nitrogens with one attached hydrogen (secondary N) is 1. The van der Waals surface area contributed by atoms with Crippen molar-refractivity contribution in [1.82, 2.24) is 19.9 Å². The second-order valence-electron chi connectivity index (χ2n) is 6.56. The SMILES string of the molecule is Cc1ccc2nc(Nc3ncnc(N4CCN(C)CC4)c3[N+](=O)[O-])sc2c1. The lowest BCUT2D eigenvalue weighted by Crippen LogP contribution is -2.45. The first-order chi connectivity index (χ1) is 13.0. The molecule has 10 heteroatoms. The maximum atomic E-state index is 11.8. The molecule has 0 amide bonds. The van der Waals surface area contributed by atoms with Crippen molar-refractivity contribution < 1.29 is 4.92 Å². The Kier molecular flexibility index (Phi) is 4.58. The van der Waals surface area contributed by atoms with Gasteiger partial charge in [0.2, 0.25) is 11.6 Å². The molecule has 0 saturated carbocycles. The van der Waals surface area contributed by atoms with Crippen LogP contribution < -0.4 is 10.2 Å². The molecule has 0 atom stereocenters. The molecule has 0 spiro atoms. The van der Waals surface area contributed by atoms with Gasteiger partial charge in [-0.3, -0.25) is 10.1 Å². The minimum absolute atomic E-state index is 0.113. The lowest BCUT2D eigenvalue weighted by molar-refractivity contribution is -0.383. The van der Waals surface area contributed by atoms with Crippen molar-refractivity contribution in [2.45, 2.75) is 6.92 Å². The molecule has 4 rings (SSSR count). The zero-order valence-corrected chi connectivity index (χ0v) is 15.9. The molecule has 9 nitrogen and oxygen atoms in total. The molecule has 0 aliphatic carbocycles. The van der Waals surface area contributed by atoms with Crippen molar-refractivity contribution in [3.63, 3.8) is 0 Å². The predicted molar refractivity (Wildman–Crippen MR) is 106 cm³/mol. The number of likely N-dealkylation sites (N-methyl/N-ethyl adjacent to an activating group) is 1. The number of anilines is 3. The largest absolute Gasteiger partial charge is 0.353 e. The minimum Gasteiger partial charge on any atom is -0.348 e. The summed E-state index contributed by atoms with van der Waals surface area (Å²) >= 11 is 1.44. The van der Waals surface area contributed by atoms with E-state index in [0.717, 1.165) is 28.9 Å². The van der Waals surface area contributed by atoms with E-state index in [4.69, 9.17) is 0 Å². The van der Waals surface area contributed by atoms with Crippen LogP contribution in [0.2, 0.25) is 0 Å². The van der Waals surface area contributed by atoms with Crippen LogP contribution in [-0.2, 0) is 0 Å². The van der Waals surface area contributed by atoms with Gasteiger partial charge in [-0.15, -0.1) is 0 Å². The lowest BCUT2D eigenvalue weighted by Gasteiger charge is -2.32. The quantitative estimate of drug-likeness (QED) is 0.540. The van der Waals surface area contributed by atoms with Crippen LogP contribution in [0.4, 0.5) is 22.5 Å². The molecule has 140 valence electrons. The van der Waals surface area contributed by atoms with Crippen LogP contribution in [0.15, 0.2) is 24.5 Å². The van der Waals surface area contributed by atoms with Crippen molar-refractivity contribution in [3.8, 4) is 0 Å². The number of hydrogen-bond donors (Lipinski definition) is 1. The molecule has 1 aromatic carbocycles. The topological polar surface area (TPSA) is 100 Å². The highest BCUT2D eigenvalue weighted by atomic mass is 32.1. The van der Waals surface area contributed by atoms with E-state index in [-0.39, 0.29) is 11.5 Å². The summed E-state index contributed by atoms with van der Waals surface area (Å²) in [5.74, 6) is 0.516. The number of fused-ring (bicyclic) bond motifs is 1. The second-order valence-corrected chi connectivity index (χ2v) is 7.59. The molecule has 0 radical (unpaired) electrons. The maximum Gasteiger partial charge on any atom is 0.353 e. The van der Waals surface area contributed by atoms with Crippen LogP contribution in [-0.4, -0.2) is 58.0 Å². The van der Waals surface area contributed by atoms with E-state index in [0.29, 0.717) is 24.0 Å². The van der Waals surface area contributed by atoms with Crippen LogP contribution in [0.1, 0.15) is 5.56 Å². The molecule has 27 heavy (non-hydrogen) atoms. The van der Waals surface area contributed by atoms with E-state index >= 15 is 0 Å². The zero-order valence-electron chi connectivity index (χ0n) is 15.0. The Morgan fingerprint density at radius 1 is 1.22 bits per heavy atom. The van der Waals surface area contributed by atoms with E-state index in [1.165, 1.54) is 17.7 Å². The van der Waals surface area contributed by atoms with Crippen LogP contribution in [0.25, 0.3) is 10.2 Å². The van der Waals surface area contributed by atoms with Crippen LogP contribution in [0.3, 0.4) is 0 Å². The Morgan fingerprint density at radius 3 is 2.74 bits per heavy atom. The fourth-order valence-corrected chi connectivity index (χ4v) is 4.03. The number of aromatic nitrogens is 3. The first kappa shape index (κ1) is 17.6. The Balaban J connectivity index is 1.69. The minimum atomic E-state index is -0.423. The molecular formula is C17H19N7O2S. The van der Waals surface area contributed by atoms with Gasteiger partial charge in [0, 0.05) is 26.2 Å². The van der Waals surface area contributed by atoms with Gasteiger partial charge in [0.05, 0.1) is 15.1 Å². The average Bonchev–Trinajstić information content (AvgIpc) is 3.03. The lowest BCUT2D eigenvalue weighted by atomic mass is 10.2. The highest BCUT2D eigenvalue weighted by molar-refractivity contribution is 7.22. The van der Waals surface area contributed by atoms with E-state index in [1.54, 1.807) is 0 Å². The summed E-state index contributed by atoms with van der Waals surface area (Å²) in [6.45, 7) is 5.06. The van der Waals surface area contributed by atoms with E-state index in [1.807, 2.05) is 37.1 Å². The summed E-state index contributed by atoms with van der Waals surface area (Å²) in [5.41, 5.74) is 1.88. The van der Waals surface area contributed by atoms with E-state index in [9.17, 15) is 10.1 Å². The Hall–Kier alpha value is -2.85. The number of nitro groups is 1. The van der Waals surface area contributed by atoms with Gasteiger partial charge < -0.3 is 15.1 Å². The first-order valence-corrected chi connectivity index (χ1v) is 9.40. The molecule has 0 bridgehead atoms. The third kappa shape index (κ3) is 3.53. The highest BCUT2D eigenvalue weighted by Crippen LogP contribution is 2.36. The number of piperazine rings is 1. The van der Waals surface area contributed by atoms with Crippen molar-refractivity contribution in [3.05, 3.63) is 40.2 Å². The summed E-state index contributed by atoms with van der Waals surface area (Å²) in [7, 11) is 2.04. The molecule has 3 heterocycles. The molecule has 1 N–H and O–H groups in total. The molecule has 2 aromatic heterocycles. The van der Waals surface area contributed by atoms with Crippen molar-refractivity contribution in [2.75, 3.05) is 43.4 Å². The molecule has 1 saturated heterocycles. The number of hydrogen-bond acceptors (Lipinski definition) is 9. The van der Waals surface area contributed by atoms with Crippen molar-refractivity contribution in [2.24, 2.45) is 0 Å². The van der Waals surface area contributed by atoms with Gasteiger partial charge in [-0.1, -0.05) is 17.4 Å². The highest BCUT2D eigenvalue weighted by Gasteiger charge is 2.29. The number of nitrogens with zero attached hydrogens (tertiary/aromatic N) is 6. The van der Waals surface area contributed by atoms with Gasteiger partial charge >= 0.3 is 5.69 Å². The van der Waals surface area contributed by atoms with Crippen LogP contribution in [0, 0.1) is 17.0 Å². The number of rotatable bonds is 4. The second kappa shape index (κ2) is 7.05. The molecule has 1 aliphatic rings. The molecule has 1 aliphatic heterocycles. The third-order valence-corrected chi connectivity index (χ3v) is 5.49. The molecule has 0 unspecified atom stereocenters. The van der Waals surface area contributed by atoms with Gasteiger partial charge in [0.1, 0.15) is 6.33 Å². The Bertz CT molecular complexity index is 998. The van der Waals surface area contributed by atoms with E-state index < -0.39 is 4.92 Å². The third-order valence-electron chi connectivity index (χ3n) is 4.56. The van der Waals surface area contributed by atoms with Gasteiger partial charge in [-0.25, -0.2) is 15.0 Å². The molecule has 1 fully saturated rings. The molecular weight excluding hydrogens is 366 g/mol. The fourth-order valence-electron chi connectivity index (χ4n) is 3.07. The van der Waals surface area contributed by atoms with Gasteiger partial charge in [-0.05, 0) is 31.7 Å². The smallest absolute Gasteiger partial charge is 0.348 e. The van der Waals surface area contributed by atoms with Gasteiger partial charge in [0.15, 0.2) is 5.13 Å². The van der Waals surface area contributed by atoms with Crippen LogP contribution in [0.5, 0.6) is 0 Å².